The van der Waals surface area contributed by atoms with Gasteiger partial charge in [0, 0.05) is 44.3 Å². The zero-order valence-electron chi connectivity index (χ0n) is 19.4. The molecule has 1 fully saturated rings. The number of alkyl halides is 3. The number of piperazine rings is 1. The maximum Gasteiger partial charge on any atom is 0.416 e. The van der Waals surface area contributed by atoms with Gasteiger partial charge in [-0.05, 0) is 60.0 Å². The van der Waals surface area contributed by atoms with Crippen molar-refractivity contribution in [2.75, 3.05) is 29.4 Å². The summed E-state index contributed by atoms with van der Waals surface area (Å²) < 4.78 is 40.3. The van der Waals surface area contributed by atoms with E-state index in [4.69, 9.17) is 0 Å². The van der Waals surface area contributed by atoms with Crippen LogP contribution in [-0.2, 0) is 23.9 Å². The number of para-hydroxylation sites is 1. The molecule has 36 heavy (non-hydrogen) atoms. The Labute approximate surface area is 207 Å². The lowest BCUT2D eigenvalue weighted by molar-refractivity contribution is -0.137. The number of aromatic nitrogens is 1. The van der Waals surface area contributed by atoms with E-state index >= 15 is 0 Å². The highest BCUT2D eigenvalue weighted by Gasteiger charge is 2.43. The van der Waals surface area contributed by atoms with Crippen molar-refractivity contribution >= 4 is 17.3 Å². The lowest BCUT2D eigenvalue weighted by Gasteiger charge is -2.49. The van der Waals surface area contributed by atoms with Crippen LogP contribution in [0.25, 0.3) is 0 Å². The number of amides is 1. The van der Waals surface area contributed by atoms with Crippen molar-refractivity contribution in [3.8, 4) is 6.07 Å². The first-order valence-electron chi connectivity index (χ1n) is 11.7. The fraction of sp³-hybridized carbons (Fsp3) is 0.296. The van der Waals surface area contributed by atoms with Gasteiger partial charge in [-0.1, -0.05) is 12.1 Å². The molecule has 1 N–H and O–H groups in total. The average molecular weight is 492 g/mol. The van der Waals surface area contributed by atoms with Crippen LogP contribution in [0.15, 0.2) is 67.0 Å². The number of nitrogens with zero attached hydrogens (tertiary/aromatic N) is 4. The number of anilines is 2. The highest BCUT2D eigenvalue weighted by Crippen LogP contribution is 2.40. The zero-order valence-corrected chi connectivity index (χ0v) is 19.4. The summed E-state index contributed by atoms with van der Waals surface area (Å²) in [6, 6.07) is 16.7. The third-order valence-electron chi connectivity index (χ3n) is 6.96. The van der Waals surface area contributed by atoms with Gasteiger partial charge in [0.1, 0.15) is 6.07 Å². The van der Waals surface area contributed by atoms with Crippen LogP contribution >= 0.6 is 0 Å². The minimum atomic E-state index is -4.45. The van der Waals surface area contributed by atoms with Crippen molar-refractivity contribution in [3.05, 3.63) is 89.2 Å². The molecule has 0 aliphatic carbocycles. The van der Waals surface area contributed by atoms with Gasteiger partial charge >= 0.3 is 6.18 Å². The summed E-state index contributed by atoms with van der Waals surface area (Å²) in [5, 5.41) is 12.5. The predicted molar refractivity (Wildman–Crippen MR) is 129 cm³/mol. The number of hydrogen-bond acceptors (Lipinski definition) is 5. The maximum atomic E-state index is 13.4. The van der Waals surface area contributed by atoms with E-state index in [1.165, 1.54) is 12.1 Å². The molecule has 1 saturated heterocycles. The number of halogens is 3. The number of nitriles is 1. The molecule has 184 valence electrons. The second-order valence-electron chi connectivity index (χ2n) is 9.06. The Balaban J connectivity index is 1.46. The van der Waals surface area contributed by atoms with Crippen molar-refractivity contribution in [1.29, 1.82) is 5.26 Å². The molecule has 2 aliphatic rings. The molecule has 0 unspecified atom stereocenters. The van der Waals surface area contributed by atoms with E-state index in [1.54, 1.807) is 30.6 Å². The third kappa shape index (κ3) is 4.59. The van der Waals surface area contributed by atoms with Gasteiger partial charge in [-0.2, -0.15) is 18.4 Å². The van der Waals surface area contributed by atoms with Gasteiger partial charge in [-0.25, -0.2) is 0 Å². The first-order valence-corrected chi connectivity index (χ1v) is 11.7. The van der Waals surface area contributed by atoms with Gasteiger partial charge in [-0.3, -0.25) is 9.78 Å². The smallest absolute Gasteiger partial charge is 0.367 e. The van der Waals surface area contributed by atoms with Crippen LogP contribution in [0.4, 0.5) is 24.5 Å². The maximum absolute atomic E-state index is 13.4. The number of benzene rings is 2. The molecule has 0 radical (unpaired) electrons. The average Bonchev–Trinajstić information content (AvgIpc) is 2.90. The van der Waals surface area contributed by atoms with Gasteiger partial charge in [-0.15, -0.1) is 0 Å². The second kappa shape index (κ2) is 9.53. The van der Waals surface area contributed by atoms with Gasteiger partial charge in [0.25, 0.3) is 0 Å². The van der Waals surface area contributed by atoms with Crippen LogP contribution in [0.3, 0.4) is 0 Å². The first kappa shape index (κ1) is 23.7. The normalized spacial score (nSPS) is 19.2. The predicted octanol–water partition coefficient (Wildman–Crippen LogP) is 4.16. The molecule has 6 nitrogen and oxygen atoms in total. The van der Waals surface area contributed by atoms with Gasteiger partial charge < -0.3 is 15.1 Å². The van der Waals surface area contributed by atoms with E-state index in [0.29, 0.717) is 37.3 Å². The van der Waals surface area contributed by atoms with Crippen LogP contribution in [0.5, 0.6) is 0 Å². The Morgan fingerprint density at radius 3 is 2.61 bits per heavy atom. The fourth-order valence-electron chi connectivity index (χ4n) is 5.18. The minimum Gasteiger partial charge on any atom is -0.367 e. The Hall–Kier alpha value is -4.06. The highest BCUT2D eigenvalue weighted by molar-refractivity contribution is 5.82. The molecule has 2 aliphatic heterocycles. The van der Waals surface area contributed by atoms with Crippen LogP contribution in [-0.4, -0.2) is 36.6 Å². The largest absolute Gasteiger partial charge is 0.416 e. The summed E-state index contributed by atoms with van der Waals surface area (Å²) in [7, 11) is 0. The zero-order chi connectivity index (χ0) is 25.3. The number of fused-ring (bicyclic) bond motifs is 3. The molecular formula is C27H24F3N5O. The second-order valence-corrected chi connectivity index (χ2v) is 9.06. The summed E-state index contributed by atoms with van der Waals surface area (Å²) >= 11 is 0. The van der Waals surface area contributed by atoms with Gasteiger partial charge in [0.15, 0.2) is 0 Å². The molecule has 2 atom stereocenters. The highest BCUT2D eigenvalue weighted by atomic mass is 19.4. The van der Waals surface area contributed by atoms with E-state index in [1.807, 2.05) is 18.2 Å². The Morgan fingerprint density at radius 2 is 1.86 bits per heavy atom. The monoisotopic (exact) mass is 491 g/mol. The fourth-order valence-corrected chi connectivity index (χ4v) is 5.18. The molecule has 0 bridgehead atoms. The third-order valence-corrected chi connectivity index (χ3v) is 6.96. The molecule has 0 spiro atoms. The number of carbonyl (C=O) groups is 1. The quantitative estimate of drug-likeness (QED) is 0.594. The lowest BCUT2D eigenvalue weighted by Crippen LogP contribution is -2.61. The van der Waals surface area contributed by atoms with Crippen molar-refractivity contribution in [1.82, 2.24) is 10.3 Å². The van der Waals surface area contributed by atoms with Crippen LogP contribution in [0, 0.1) is 17.2 Å². The standard InChI is InChI=1S/C27H24F3N5O/c28-27(29,30)21-5-6-24-20(13-21)14-22(26(36)33-16-18-7-9-32-10-8-18)25-17-34(11-12-35(24)25)23-4-2-1-3-19(23)15-31/h1-10,13,22,25H,11-12,14,16-17H2,(H,33,36)/t22-,25-/m1/s1. The topological polar surface area (TPSA) is 72.3 Å². The van der Waals surface area contributed by atoms with Crippen LogP contribution in [0.1, 0.15) is 22.3 Å². The Kier molecular flexibility index (Phi) is 6.27. The van der Waals surface area contributed by atoms with E-state index in [9.17, 15) is 23.2 Å². The molecular weight excluding hydrogens is 467 g/mol. The minimum absolute atomic E-state index is 0.205. The summed E-state index contributed by atoms with van der Waals surface area (Å²) in [6.45, 7) is 1.89. The molecule has 0 saturated carbocycles. The number of pyridine rings is 1. The summed E-state index contributed by atoms with van der Waals surface area (Å²) in [5.74, 6) is -0.764. The molecule has 1 aromatic heterocycles. The number of hydrogen-bond donors (Lipinski definition) is 1. The van der Waals surface area contributed by atoms with E-state index in [2.05, 4.69) is 26.2 Å². The van der Waals surface area contributed by atoms with Crippen molar-refractivity contribution in [3.63, 3.8) is 0 Å². The van der Waals surface area contributed by atoms with Gasteiger partial charge in [0.05, 0.1) is 28.8 Å². The SMILES string of the molecule is N#Cc1ccccc1N1CCN2c3ccc(C(F)(F)F)cc3C[C@@H](C(=O)NCc3ccncc3)[C@H]2C1. The number of rotatable bonds is 4. The molecule has 2 aromatic carbocycles. The Morgan fingerprint density at radius 1 is 1.08 bits per heavy atom. The number of carbonyl (C=O) groups excluding carboxylic acids is 1. The Bertz CT molecular complexity index is 1300. The van der Waals surface area contributed by atoms with Crippen LogP contribution < -0.4 is 15.1 Å². The van der Waals surface area contributed by atoms with Crippen molar-refractivity contribution in [2.45, 2.75) is 25.2 Å². The molecule has 5 rings (SSSR count). The molecule has 3 aromatic rings. The summed E-state index contributed by atoms with van der Waals surface area (Å²) in [6.07, 6.45) is -0.962. The molecule has 9 heteroatoms. The molecule has 1 amide bonds. The van der Waals surface area contributed by atoms with Crippen molar-refractivity contribution in [2.24, 2.45) is 5.92 Å². The molecule has 3 heterocycles. The van der Waals surface area contributed by atoms with E-state index in [0.717, 1.165) is 23.0 Å². The van der Waals surface area contributed by atoms with Crippen LogP contribution in [0.2, 0.25) is 0 Å². The summed E-state index contributed by atoms with van der Waals surface area (Å²) in [5.41, 5.74) is 2.79. The van der Waals surface area contributed by atoms with Gasteiger partial charge in [0.2, 0.25) is 5.91 Å². The first-order chi connectivity index (χ1) is 17.3. The lowest BCUT2D eigenvalue weighted by atomic mass is 9.82. The van der Waals surface area contributed by atoms with E-state index < -0.39 is 17.7 Å². The number of nitrogens with one attached hydrogen (secondary N) is 1. The van der Waals surface area contributed by atoms with E-state index in [-0.39, 0.29) is 18.4 Å². The summed E-state index contributed by atoms with van der Waals surface area (Å²) in [4.78, 5) is 21.6. The van der Waals surface area contributed by atoms with Crippen molar-refractivity contribution < 1.29 is 18.0 Å².